The number of carboxylic acids is 1. The van der Waals surface area contributed by atoms with E-state index in [2.05, 4.69) is 5.32 Å². The van der Waals surface area contributed by atoms with E-state index in [9.17, 15) is 22.8 Å². The third-order valence-electron chi connectivity index (χ3n) is 2.76. The lowest BCUT2D eigenvalue weighted by atomic mass is 10.2. The predicted octanol–water partition coefficient (Wildman–Crippen LogP) is -1.78. The average Bonchev–Trinajstić information content (AvgIpc) is 2.62. The summed E-state index contributed by atoms with van der Waals surface area (Å²) in [6.45, 7) is 0.326. The van der Waals surface area contributed by atoms with Crippen LogP contribution in [0.2, 0.25) is 0 Å². The van der Waals surface area contributed by atoms with Gasteiger partial charge in [0.1, 0.15) is 6.54 Å². The summed E-state index contributed by atoms with van der Waals surface area (Å²) in [5, 5.41) is 11.0. The first-order valence-electron chi connectivity index (χ1n) is 5.67. The minimum absolute atomic E-state index is 0.0544. The van der Waals surface area contributed by atoms with Crippen molar-refractivity contribution in [2.45, 2.75) is 19.4 Å². The standard InChI is InChI=1S/C10H16N2O6S/c1-7(13)11-4-9(14)12(5-10(15)16)8-2-3-19(17,18)6-8/h8H,2-6H2,1H3,(H,11,13)(H,15,16). The summed E-state index contributed by atoms with van der Waals surface area (Å²) in [6, 6.07) is -0.637. The van der Waals surface area contributed by atoms with Crippen LogP contribution in [-0.4, -0.2) is 66.8 Å². The molecule has 2 amide bonds. The molecule has 1 fully saturated rings. The minimum atomic E-state index is -3.22. The van der Waals surface area contributed by atoms with E-state index in [1.54, 1.807) is 0 Å². The van der Waals surface area contributed by atoms with Gasteiger partial charge in [0.25, 0.3) is 0 Å². The normalized spacial score (nSPS) is 20.8. The van der Waals surface area contributed by atoms with Gasteiger partial charge in [-0.25, -0.2) is 8.42 Å². The molecule has 0 aromatic carbocycles. The number of hydrogen-bond donors (Lipinski definition) is 2. The fraction of sp³-hybridized carbons (Fsp3) is 0.700. The number of nitrogens with one attached hydrogen (secondary N) is 1. The van der Waals surface area contributed by atoms with E-state index in [4.69, 9.17) is 5.11 Å². The maximum atomic E-state index is 11.8. The molecule has 0 radical (unpaired) electrons. The highest BCUT2D eigenvalue weighted by Gasteiger charge is 2.35. The van der Waals surface area contributed by atoms with E-state index < -0.39 is 40.2 Å². The lowest BCUT2D eigenvalue weighted by molar-refractivity contribution is -0.145. The number of carbonyl (C=O) groups is 3. The maximum absolute atomic E-state index is 11.8. The van der Waals surface area contributed by atoms with Gasteiger partial charge in [-0.1, -0.05) is 0 Å². The number of aliphatic carboxylic acids is 1. The number of carbonyl (C=O) groups excluding carboxylic acids is 2. The summed E-state index contributed by atoms with van der Waals surface area (Å²) >= 11 is 0. The van der Waals surface area contributed by atoms with Crippen LogP contribution in [0.15, 0.2) is 0 Å². The second kappa shape index (κ2) is 6.00. The smallest absolute Gasteiger partial charge is 0.323 e. The van der Waals surface area contributed by atoms with Gasteiger partial charge < -0.3 is 15.3 Å². The van der Waals surface area contributed by atoms with Crippen molar-refractivity contribution in [1.82, 2.24) is 10.2 Å². The van der Waals surface area contributed by atoms with Crippen molar-refractivity contribution in [1.29, 1.82) is 0 Å². The Morgan fingerprint density at radius 1 is 1.37 bits per heavy atom. The van der Waals surface area contributed by atoms with Crippen LogP contribution in [0.1, 0.15) is 13.3 Å². The van der Waals surface area contributed by atoms with E-state index >= 15 is 0 Å². The molecular formula is C10H16N2O6S. The molecule has 2 N–H and O–H groups in total. The van der Waals surface area contributed by atoms with Crippen LogP contribution < -0.4 is 5.32 Å². The zero-order chi connectivity index (χ0) is 14.6. The number of sulfone groups is 1. The highest BCUT2D eigenvalue weighted by molar-refractivity contribution is 7.91. The van der Waals surface area contributed by atoms with E-state index in [0.29, 0.717) is 0 Å². The van der Waals surface area contributed by atoms with Crippen molar-refractivity contribution in [3.8, 4) is 0 Å². The fourth-order valence-electron chi connectivity index (χ4n) is 1.89. The van der Waals surface area contributed by atoms with Crippen LogP contribution >= 0.6 is 0 Å². The van der Waals surface area contributed by atoms with Gasteiger partial charge in [-0.3, -0.25) is 14.4 Å². The molecule has 108 valence electrons. The molecule has 0 saturated carbocycles. The molecule has 0 aromatic rings. The average molecular weight is 292 g/mol. The molecular weight excluding hydrogens is 276 g/mol. The number of amides is 2. The zero-order valence-corrected chi connectivity index (χ0v) is 11.3. The first kappa shape index (κ1) is 15.4. The Bertz CT molecular complexity index is 486. The third-order valence-corrected chi connectivity index (χ3v) is 4.51. The molecule has 19 heavy (non-hydrogen) atoms. The fourth-order valence-corrected chi connectivity index (χ4v) is 3.62. The van der Waals surface area contributed by atoms with Gasteiger partial charge in [0.2, 0.25) is 11.8 Å². The highest BCUT2D eigenvalue weighted by atomic mass is 32.2. The lowest BCUT2D eigenvalue weighted by Gasteiger charge is -2.26. The van der Waals surface area contributed by atoms with Crippen molar-refractivity contribution in [3.05, 3.63) is 0 Å². The molecule has 1 rings (SSSR count). The number of rotatable bonds is 5. The van der Waals surface area contributed by atoms with Gasteiger partial charge in [0.05, 0.1) is 18.1 Å². The van der Waals surface area contributed by atoms with E-state index in [-0.39, 0.29) is 24.5 Å². The second-order valence-corrected chi connectivity index (χ2v) is 6.61. The van der Waals surface area contributed by atoms with Crippen LogP contribution in [0.3, 0.4) is 0 Å². The SMILES string of the molecule is CC(=O)NCC(=O)N(CC(=O)O)C1CCS(=O)(=O)C1. The van der Waals surface area contributed by atoms with Crippen molar-refractivity contribution >= 4 is 27.6 Å². The van der Waals surface area contributed by atoms with Gasteiger partial charge in [-0.2, -0.15) is 0 Å². The van der Waals surface area contributed by atoms with Gasteiger partial charge in [-0.05, 0) is 6.42 Å². The van der Waals surface area contributed by atoms with E-state index in [1.165, 1.54) is 6.92 Å². The Kier molecular flexibility index (Phi) is 4.87. The summed E-state index contributed by atoms with van der Waals surface area (Å²) in [7, 11) is -3.22. The van der Waals surface area contributed by atoms with Crippen LogP contribution in [0.5, 0.6) is 0 Å². The first-order chi connectivity index (χ1) is 8.71. The highest BCUT2D eigenvalue weighted by Crippen LogP contribution is 2.17. The molecule has 9 heteroatoms. The number of hydrogen-bond acceptors (Lipinski definition) is 5. The first-order valence-corrected chi connectivity index (χ1v) is 7.49. The summed E-state index contributed by atoms with van der Waals surface area (Å²) in [5.41, 5.74) is 0. The molecule has 0 spiro atoms. The van der Waals surface area contributed by atoms with Gasteiger partial charge in [0, 0.05) is 13.0 Å². The molecule has 0 bridgehead atoms. The van der Waals surface area contributed by atoms with Crippen LogP contribution in [0, 0.1) is 0 Å². The maximum Gasteiger partial charge on any atom is 0.323 e. The summed E-state index contributed by atoms with van der Waals surface area (Å²) in [5.74, 6) is -2.52. The Labute approximate surface area is 110 Å². The van der Waals surface area contributed by atoms with Crippen molar-refractivity contribution in [2.24, 2.45) is 0 Å². The quantitative estimate of drug-likeness (QED) is 0.618. The monoisotopic (exact) mass is 292 g/mol. The largest absolute Gasteiger partial charge is 0.480 e. The van der Waals surface area contributed by atoms with Gasteiger partial charge >= 0.3 is 5.97 Å². The molecule has 0 aliphatic carbocycles. The third kappa shape index (κ3) is 4.86. The molecule has 1 unspecified atom stereocenters. The Balaban J connectivity index is 2.74. The van der Waals surface area contributed by atoms with Gasteiger partial charge in [0.15, 0.2) is 9.84 Å². The molecule has 1 aliphatic rings. The topological polar surface area (TPSA) is 121 Å². The molecule has 1 atom stereocenters. The second-order valence-electron chi connectivity index (χ2n) is 4.38. The van der Waals surface area contributed by atoms with Crippen LogP contribution in [-0.2, 0) is 24.2 Å². The van der Waals surface area contributed by atoms with Crippen LogP contribution in [0.4, 0.5) is 0 Å². The Hall–Kier alpha value is -1.64. The molecule has 1 heterocycles. The van der Waals surface area contributed by atoms with Gasteiger partial charge in [-0.15, -0.1) is 0 Å². The minimum Gasteiger partial charge on any atom is -0.480 e. The Morgan fingerprint density at radius 2 is 2.00 bits per heavy atom. The molecule has 0 aromatic heterocycles. The molecule has 8 nitrogen and oxygen atoms in total. The summed E-state index contributed by atoms with van der Waals surface area (Å²) in [6.07, 6.45) is 0.224. The van der Waals surface area contributed by atoms with E-state index in [1.807, 2.05) is 0 Å². The van der Waals surface area contributed by atoms with Crippen molar-refractivity contribution in [3.63, 3.8) is 0 Å². The summed E-state index contributed by atoms with van der Waals surface area (Å²) in [4.78, 5) is 34.3. The molecule has 1 aliphatic heterocycles. The number of nitrogens with zero attached hydrogens (tertiary/aromatic N) is 1. The predicted molar refractivity (Wildman–Crippen MR) is 65.1 cm³/mol. The number of carboxylic acid groups (broad SMARTS) is 1. The summed E-state index contributed by atoms with van der Waals surface area (Å²) < 4.78 is 22.7. The zero-order valence-electron chi connectivity index (χ0n) is 10.5. The van der Waals surface area contributed by atoms with Crippen LogP contribution in [0.25, 0.3) is 0 Å². The molecule has 1 saturated heterocycles. The van der Waals surface area contributed by atoms with E-state index in [0.717, 1.165) is 4.90 Å². The van der Waals surface area contributed by atoms with Crippen molar-refractivity contribution < 1.29 is 27.9 Å². The lowest BCUT2D eigenvalue weighted by Crippen LogP contribution is -2.48. The van der Waals surface area contributed by atoms with Crippen molar-refractivity contribution in [2.75, 3.05) is 24.6 Å². The Morgan fingerprint density at radius 3 is 2.42 bits per heavy atom.